The molecule has 0 saturated carbocycles. The molecule has 24 heavy (non-hydrogen) atoms. The molecule has 3 heterocycles. The van der Waals surface area contributed by atoms with Gasteiger partial charge in [0.05, 0.1) is 19.8 Å². The zero-order chi connectivity index (χ0) is 16.4. The Balaban J connectivity index is 1.51. The number of methoxy groups -OCH3 is 1. The van der Waals surface area contributed by atoms with E-state index < -0.39 is 0 Å². The van der Waals surface area contributed by atoms with Gasteiger partial charge in [-0.1, -0.05) is 18.2 Å². The van der Waals surface area contributed by atoms with Gasteiger partial charge < -0.3 is 13.9 Å². The molecule has 0 spiro atoms. The van der Waals surface area contributed by atoms with Crippen molar-refractivity contribution < 1.29 is 9.47 Å². The quantitative estimate of drug-likeness (QED) is 0.740. The maximum atomic E-state index is 5.99. The second-order valence-corrected chi connectivity index (χ2v) is 6.04. The molecule has 1 aromatic carbocycles. The maximum absolute atomic E-state index is 5.99. The summed E-state index contributed by atoms with van der Waals surface area (Å²) >= 11 is 0. The lowest BCUT2D eigenvalue weighted by atomic mass is 10.1. The fourth-order valence-corrected chi connectivity index (χ4v) is 3.25. The Hall–Kier alpha value is -2.37. The van der Waals surface area contributed by atoms with Crippen molar-refractivity contribution in [3.8, 4) is 5.75 Å². The van der Waals surface area contributed by atoms with Gasteiger partial charge in [0.1, 0.15) is 11.4 Å². The Morgan fingerprint density at radius 2 is 2.17 bits per heavy atom. The van der Waals surface area contributed by atoms with Gasteiger partial charge in [-0.15, -0.1) is 0 Å². The standard InChI is InChI=1S/C19H21N3O2/c1-23-17-6-2-4-15(12-17)18-14-21(10-11-24-18)13-16-5-3-7-19-20-8-9-22(16)19/h2-9,12,18H,10-11,13-14H2,1H3/t18-/m0/s1. The third-order valence-electron chi connectivity index (χ3n) is 4.51. The van der Waals surface area contributed by atoms with E-state index in [4.69, 9.17) is 9.47 Å². The van der Waals surface area contributed by atoms with Crippen LogP contribution in [0.2, 0.25) is 0 Å². The van der Waals surface area contributed by atoms with E-state index in [9.17, 15) is 0 Å². The van der Waals surface area contributed by atoms with Gasteiger partial charge in [-0.3, -0.25) is 4.90 Å². The predicted molar refractivity (Wildman–Crippen MR) is 92.2 cm³/mol. The van der Waals surface area contributed by atoms with Crippen LogP contribution in [-0.4, -0.2) is 41.1 Å². The number of pyridine rings is 1. The van der Waals surface area contributed by atoms with Gasteiger partial charge >= 0.3 is 0 Å². The largest absolute Gasteiger partial charge is 0.497 e. The molecule has 0 amide bonds. The highest BCUT2D eigenvalue weighted by Gasteiger charge is 2.22. The van der Waals surface area contributed by atoms with Crippen molar-refractivity contribution in [3.63, 3.8) is 0 Å². The smallest absolute Gasteiger partial charge is 0.136 e. The molecule has 5 heteroatoms. The van der Waals surface area contributed by atoms with Gasteiger partial charge in [0.2, 0.25) is 0 Å². The Morgan fingerprint density at radius 3 is 3.08 bits per heavy atom. The molecule has 0 radical (unpaired) electrons. The van der Waals surface area contributed by atoms with Crippen LogP contribution in [0.15, 0.2) is 54.9 Å². The predicted octanol–water partition coefficient (Wildman–Crippen LogP) is 2.92. The molecule has 124 valence electrons. The van der Waals surface area contributed by atoms with Gasteiger partial charge in [0, 0.05) is 37.7 Å². The van der Waals surface area contributed by atoms with Crippen LogP contribution in [0.3, 0.4) is 0 Å². The molecule has 1 atom stereocenters. The van der Waals surface area contributed by atoms with E-state index in [1.54, 1.807) is 7.11 Å². The molecule has 3 aromatic rings. The number of nitrogens with zero attached hydrogens (tertiary/aromatic N) is 3. The van der Waals surface area contributed by atoms with Crippen LogP contribution in [0.4, 0.5) is 0 Å². The summed E-state index contributed by atoms with van der Waals surface area (Å²) in [5.74, 6) is 0.872. The van der Waals surface area contributed by atoms with Crippen molar-refractivity contribution in [1.29, 1.82) is 0 Å². The summed E-state index contributed by atoms with van der Waals surface area (Å²) < 4.78 is 13.5. The number of fused-ring (bicyclic) bond motifs is 1. The van der Waals surface area contributed by atoms with Crippen LogP contribution < -0.4 is 4.74 Å². The van der Waals surface area contributed by atoms with Gasteiger partial charge in [0.25, 0.3) is 0 Å². The minimum atomic E-state index is 0.0795. The Labute approximate surface area is 141 Å². The SMILES string of the molecule is COc1cccc([C@@H]2CN(Cc3cccc4nccn34)CCO2)c1. The fourth-order valence-electron chi connectivity index (χ4n) is 3.25. The zero-order valence-corrected chi connectivity index (χ0v) is 13.8. The van der Waals surface area contributed by atoms with Crippen LogP contribution in [-0.2, 0) is 11.3 Å². The molecule has 1 fully saturated rings. The third kappa shape index (κ3) is 3.00. The molecule has 1 aliphatic rings. The molecule has 0 unspecified atom stereocenters. The summed E-state index contributed by atoms with van der Waals surface area (Å²) in [5.41, 5.74) is 3.40. The topological polar surface area (TPSA) is 39.0 Å². The van der Waals surface area contributed by atoms with Crippen molar-refractivity contribution in [3.05, 3.63) is 66.1 Å². The monoisotopic (exact) mass is 323 g/mol. The van der Waals surface area contributed by atoms with E-state index in [2.05, 4.69) is 38.6 Å². The first-order valence-corrected chi connectivity index (χ1v) is 8.22. The number of hydrogen-bond acceptors (Lipinski definition) is 4. The normalized spacial score (nSPS) is 18.8. The lowest BCUT2D eigenvalue weighted by Gasteiger charge is -2.33. The number of ether oxygens (including phenoxy) is 2. The maximum Gasteiger partial charge on any atom is 0.136 e. The number of hydrogen-bond donors (Lipinski definition) is 0. The first kappa shape index (κ1) is 15.2. The number of benzene rings is 1. The highest BCUT2D eigenvalue weighted by molar-refractivity contribution is 5.39. The summed E-state index contributed by atoms with van der Waals surface area (Å²) in [4.78, 5) is 6.79. The summed E-state index contributed by atoms with van der Waals surface area (Å²) in [7, 11) is 1.69. The highest BCUT2D eigenvalue weighted by Crippen LogP contribution is 2.26. The van der Waals surface area contributed by atoms with Crippen LogP contribution in [0.25, 0.3) is 5.65 Å². The van der Waals surface area contributed by atoms with Crippen molar-refractivity contribution in [1.82, 2.24) is 14.3 Å². The summed E-state index contributed by atoms with van der Waals surface area (Å²) in [6.45, 7) is 3.43. The minimum absolute atomic E-state index is 0.0795. The van der Waals surface area contributed by atoms with Crippen LogP contribution >= 0.6 is 0 Å². The molecular weight excluding hydrogens is 302 g/mol. The number of rotatable bonds is 4. The molecular formula is C19H21N3O2. The van der Waals surface area contributed by atoms with E-state index in [0.29, 0.717) is 0 Å². The van der Waals surface area contributed by atoms with E-state index in [1.165, 1.54) is 11.3 Å². The Bertz CT molecular complexity index is 830. The first-order valence-electron chi connectivity index (χ1n) is 8.22. The lowest BCUT2D eigenvalue weighted by Crippen LogP contribution is -2.38. The zero-order valence-electron chi connectivity index (χ0n) is 13.8. The molecule has 2 aromatic heterocycles. The molecule has 0 bridgehead atoms. The Morgan fingerprint density at radius 1 is 1.25 bits per heavy atom. The van der Waals surface area contributed by atoms with E-state index >= 15 is 0 Å². The van der Waals surface area contributed by atoms with Crippen LogP contribution in [0.1, 0.15) is 17.4 Å². The van der Waals surface area contributed by atoms with E-state index in [1.807, 2.05) is 30.6 Å². The summed E-state index contributed by atoms with van der Waals surface area (Å²) in [6, 6.07) is 14.4. The average Bonchev–Trinajstić information content (AvgIpc) is 3.12. The van der Waals surface area contributed by atoms with Crippen LogP contribution in [0.5, 0.6) is 5.75 Å². The number of morpholine rings is 1. The van der Waals surface area contributed by atoms with Crippen molar-refractivity contribution >= 4 is 5.65 Å². The number of aromatic nitrogens is 2. The average molecular weight is 323 g/mol. The van der Waals surface area contributed by atoms with Crippen molar-refractivity contribution in [2.24, 2.45) is 0 Å². The van der Waals surface area contributed by atoms with Crippen LogP contribution in [0, 0.1) is 0 Å². The van der Waals surface area contributed by atoms with Gasteiger partial charge in [-0.25, -0.2) is 4.98 Å². The molecule has 5 nitrogen and oxygen atoms in total. The second kappa shape index (κ2) is 6.63. The van der Waals surface area contributed by atoms with Gasteiger partial charge in [-0.2, -0.15) is 0 Å². The van der Waals surface area contributed by atoms with E-state index in [-0.39, 0.29) is 6.10 Å². The van der Waals surface area contributed by atoms with Gasteiger partial charge in [-0.05, 0) is 29.8 Å². The van der Waals surface area contributed by atoms with Crippen molar-refractivity contribution in [2.75, 3.05) is 26.8 Å². The lowest BCUT2D eigenvalue weighted by molar-refractivity contribution is -0.0334. The summed E-state index contributed by atoms with van der Waals surface area (Å²) in [5, 5.41) is 0. The van der Waals surface area contributed by atoms with Crippen molar-refractivity contribution in [2.45, 2.75) is 12.6 Å². The van der Waals surface area contributed by atoms with E-state index in [0.717, 1.165) is 37.6 Å². The first-order chi connectivity index (χ1) is 11.8. The third-order valence-corrected chi connectivity index (χ3v) is 4.51. The molecule has 0 N–H and O–H groups in total. The molecule has 0 aliphatic carbocycles. The summed E-state index contributed by atoms with van der Waals surface area (Å²) in [6.07, 6.45) is 3.94. The molecule has 1 saturated heterocycles. The van der Waals surface area contributed by atoms with Gasteiger partial charge in [0.15, 0.2) is 0 Å². The Kier molecular flexibility index (Phi) is 4.19. The molecule has 1 aliphatic heterocycles. The second-order valence-electron chi connectivity index (χ2n) is 6.04. The highest BCUT2D eigenvalue weighted by atomic mass is 16.5. The fraction of sp³-hybridized carbons (Fsp3) is 0.316. The minimum Gasteiger partial charge on any atom is -0.497 e. The molecule has 4 rings (SSSR count). The number of imidazole rings is 1.